The van der Waals surface area contributed by atoms with Gasteiger partial charge >= 0.3 is 0 Å². The third kappa shape index (κ3) is 2.81. The molecule has 0 saturated carbocycles. The predicted octanol–water partition coefficient (Wildman–Crippen LogP) is 2.52. The quantitative estimate of drug-likeness (QED) is 0.918. The minimum Gasteiger partial charge on any atom is -0.368 e. The molecule has 100 valence electrons. The number of benzene rings is 1. The standard InChI is InChI=1S/C14H18N4O/c1-9(2)8-12(19)18-14(15)16-13(17-18)11-7-5-4-6-10(11)3/h4-7,9H,8H2,1-3H3,(H2,15,16,17). The maximum absolute atomic E-state index is 12.0. The Kier molecular flexibility index (Phi) is 3.64. The highest BCUT2D eigenvalue weighted by Gasteiger charge is 2.16. The normalized spacial score (nSPS) is 10.9. The van der Waals surface area contributed by atoms with E-state index in [4.69, 9.17) is 5.73 Å². The summed E-state index contributed by atoms with van der Waals surface area (Å²) < 4.78 is 1.20. The molecule has 0 amide bonds. The maximum Gasteiger partial charge on any atom is 0.250 e. The monoisotopic (exact) mass is 258 g/mol. The van der Waals surface area contributed by atoms with Gasteiger partial charge < -0.3 is 5.73 Å². The van der Waals surface area contributed by atoms with Crippen LogP contribution in [0.5, 0.6) is 0 Å². The number of nitrogens with two attached hydrogens (primary N) is 1. The summed E-state index contributed by atoms with van der Waals surface area (Å²) in [6, 6.07) is 7.75. The van der Waals surface area contributed by atoms with Crippen molar-refractivity contribution in [2.75, 3.05) is 5.73 Å². The van der Waals surface area contributed by atoms with E-state index in [2.05, 4.69) is 10.1 Å². The summed E-state index contributed by atoms with van der Waals surface area (Å²) in [5.41, 5.74) is 7.72. The Hall–Kier alpha value is -2.17. The highest BCUT2D eigenvalue weighted by molar-refractivity contribution is 5.81. The zero-order valence-corrected chi connectivity index (χ0v) is 11.4. The Balaban J connectivity index is 2.37. The van der Waals surface area contributed by atoms with Gasteiger partial charge in [0.1, 0.15) is 0 Å². The number of aryl methyl sites for hydroxylation is 1. The third-order valence-electron chi connectivity index (χ3n) is 2.84. The number of carbonyl (C=O) groups excluding carboxylic acids is 1. The number of carbonyl (C=O) groups is 1. The molecule has 2 aromatic rings. The van der Waals surface area contributed by atoms with Crippen LogP contribution in [0.4, 0.5) is 5.95 Å². The second-order valence-corrected chi connectivity index (χ2v) is 5.01. The first-order chi connectivity index (χ1) is 8.99. The number of anilines is 1. The van der Waals surface area contributed by atoms with Gasteiger partial charge in [-0.25, -0.2) is 0 Å². The van der Waals surface area contributed by atoms with E-state index >= 15 is 0 Å². The van der Waals surface area contributed by atoms with E-state index in [0.717, 1.165) is 11.1 Å². The van der Waals surface area contributed by atoms with Crippen molar-refractivity contribution in [2.45, 2.75) is 27.2 Å². The molecule has 1 heterocycles. The van der Waals surface area contributed by atoms with Crippen molar-refractivity contribution in [3.05, 3.63) is 29.8 Å². The molecule has 2 rings (SSSR count). The van der Waals surface area contributed by atoms with Crippen LogP contribution in [0, 0.1) is 12.8 Å². The van der Waals surface area contributed by atoms with Gasteiger partial charge in [0, 0.05) is 12.0 Å². The van der Waals surface area contributed by atoms with Crippen LogP contribution in [-0.2, 0) is 0 Å². The lowest BCUT2D eigenvalue weighted by Gasteiger charge is -2.03. The second-order valence-electron chi connectivity index (χ2n) is 5.01. The Morgan fingerprint density at radius 2 is 2.05 bits per heavy atom. The molecule has 5 nitrogen and oxygen atoms in total. The van der Waals surface area contributed by atoms with Gasteiger partial charge in [0.05, 0.1) is 0 Å². The predicted molar refractivity (Wildman–Crippen MR) is 74.7 cm³/mol. The first-order valence-corrected chi connectivity index (χ1v) is 6.30. The van der Waals surface area contributed by atoms with Gasteiger partial charge in [0.2, 0.25) is 11.9 Å². The zero-order valence-electron chi connectivity index (χ0n) is 11.4. The minimum atomic E-state index is -0.125. The largest absolute Gasteiger partial charge is 0.368 e. The average molecular weight is 258 g/mol. The number of nitrogen functional groups attached to an aromatic ring is 1. The molecular weight excluding hydrogens is 240 g/mol. The molecule has 1 aromatic heterocycles. The fourth-order valence-electron chi connectivity index (χ4n) is 1.88. The van der Waals surface area contributed by atoms with Crippen molar-refractivity contribution < 1.29 is 4.79 Å². The maximum atomic E-state index is 12.0. The molecular formula is C14H18N4O. The molecule has 0 atom stereocenters. The van der Waals surface area contributed by atoms with Crippen molar-refractivity contribution in [1.82, 2.24) is 14.8 Å². The van der Waals surface area contributed by atoms with Crippen molar-refractivity contribution in [3.63, 3.8) is 0 Å². The van der Waals surface area contributed by atoms with E-state index in [0.29, 0.717) is 12.2 Å². The van der Waals surface area contributed by atoms with Crippen molar-refractivity contribution in [3.8, 4) is 11.4 Å². The van der Waals surface area contributed by atoms with Crippen LogP contribution in [0.1, 0.15) is 30.6 Å². The van der Waals surface area contributed by atoms with Crippen LogP contribution in [-0.4, -0.2) is 20.7 Å². The first-order valence-electron chi connectivity index (χ1n) is 6.30. The number of hydrogen-bond acceptors (Lipinski definition) is 4. The van der Waals surface area contributed by atoms with Crippen molar-refractivity contribution in [1.29, 1.82) is 0 Å². The highest BCUT2D eigenvalue weighted by atomic mass is 16.2. The summed E-state index contributed by atoms with van der Waals surface area (Å²) >= 11 is 0. The summed E-state index contributed by atoms with van der Waals surface area (Å²) in [6.45, 7) is 5.93. The van der Waals surface area contributed by atoms with Gasteiger partial charge in [-0.1, -0.05) is 38.1 Å². The number of aromatic nitrogens is 3. The smallest absolute Gasteiger partial charge is 0.250 e. The summed E-state index contributed by atoms with van der Waals surface area (Å²) in [5, 5.41) is 4.22. The summed E-state index contributed by atoms with van der Waals surface area (Å²) in [5.74, 6) is 0.773. The van der Waals surface area contributed by atoms with Gasteiger partial charge in [0.25, 0.3) is 0 Å². The number of hydrogen-bond donors (Lipinski definition) is 1. The van der Waals surface area contributed by atoms with Gasteiger partial charge in [-0.05, 0) is 18.4 Å². The van der Waals surface area contributed by atoms with Crippen LogP contribution in [0.15, 0.2) is 24.3 Å². The fourth-order valence-corrected chi connectivity index (χ4v) is 1.88. The lowest BCUT2D eigenvalue weighted by atomic mass is 10.1. The van der Waals surface area contributed by atoms with E-state index in [1.54, 1.807) is 0 Å². The summed E-state index contributed by atoms with van der Waals surface area (Å²) in [7, 11) is 0. The molecule has 0 radical (unpaired) electrons. The molecule has 0 unspecified atom stereocenters. The summed E-state index contributed by atoms with van der Waals surface area (Å²) in [6.07, 6.45) is 0.404. The Morgan fingerprint density at radius 3 is 2.68 bits per heavy atom. The molecule has 0 aliphatic carbocycles. The molecule has 0 aliphatic rings. The van der Waals surface area contributed by atoms with Crippen molar-refractivity contribution >= 4 is 11.9 Å². The van der Waals surface area contributed by atoms with Crippen LogP contribution in [0.3, 0.4) is 0 Å². The number of rotatable bonds is 3. The highest BCUT2D eigenvalue weighted by Crippen LogP contribution is 2.20. The van der Waals surface area contributed by atoms with E-state index in [-0.39, 0.29) is 17.8 Å². The molecule has 5 heteroatoms. The average Bonchev–Trinajstić information content (AvgIpc) is 2.71. The first kappa shape index (κ1) is 13.3. The molecule has 0 fully saturated rings. The van der Waals surface area contributed by atoms with Crippen LogP contribution in [0.2, 0.25) is 0 Å². The van der Waals surface area contributed by atoms with Gasteiger partial charge in [-0.3, -0.25) is 4.79 Å². The Morgan fingerprint density at radius 1 is 1.37 bits per heavy atom. The van der Waals surface area contributed by atoms with E-state index < -0.39 is 0 Å². The van der Waals surface area contributed by atoms with Gasteiger partial charge in [-0.15, -0.1) is 5.10 Å². The molecule has 2 N–H and O–H groups in total. The van der Waals surface area contributed by atoms with Crippen LogP contribution < -0.4 is 5.73 Å². The molecule has 0 bridgehead atoms. The minimum absolute atomic E-state index is 0.125. The zero-order chi connectivity index (χ0) is 14.0. The molecule has 0 saturated heterocycles. The van der Waals surface area contributed by atoms with Crippen molar-refractivity contribution in [2.24, 2.45) is 5.92 Å². The molecule has 19 heavy (non-hydrogen) atoms. The van der Waals surface area contributed by atoms with Gasteiger partial charge in [-0.2, -0.15) is 9.67 Å². The lowest BCUT2D eigenvalue weighted by Crippen LogP contribution is -2.17. The summed E-state index contributed by atoms with van der Waals surface area (Å²) in [4.78, 5) is 16.2. The number of nitrogens with zero attached hydrogens (tertiary/aromatic N) is 3. The molecule has 0 aliphatic heterocycles. The third-order valence-corrected chi connectivity index (χ3v) is 2.84. The Labute approximate surface area is 112 Å². The SMILES string of the molecule is Cc1ccccc1-c1nc(N)n(C(=O)CC(C)C)n1. The lowest BCUT2D eigenvalue weighted by molar-refractivity contribution is 0.0873. The van der Waals surface area contributed by atoms with E-state index in [1.165, 1.54) is 4.68 Å². The molecule has 0 spiro atoms. The molecule has 1 aromatic carbocycles. The van der Waals surface area contributed by atoms with Crippen LogP contribution >= 0.6 is 0 Å². The van der Waals surface area contributed by atoms with E-state index in [9.17, 15) is 4.79 Å². The van der Waals surface area contributed by atoms with E-state index in [1.807, 2.05) is 45.0 Å². The van der Waals surface area contributed by atoms with Gasteiger partial charge in [0.15, 0.2) is 5.82 Å². The topological polar surface area (TPSA) is 73.8 Å². The Bertz CT molecular complexity index is 601. The second kappa shape index (κ2) is 5.22. The van der Waals surface area contributed by atoms with Crippen LogP contribution in [0.25, 0.3) is 11.4 Å². The fraction of sp³-hybridized carbons (Fsp3) is 0.357.